The molecule has 0 aliphatic rings. The Morgan fingerprint density at radius 3 is 2.29 bits per heavy atom. The molecule has 0 bridgehead atoms. The summed E-state index contributed by atoms with van der Waals surface area (Å²) in [6, 6.07) is 10.6. The number of rotatable bonds is 2. The molecule has 2 aromatic carbocycles. The Morgan fingerprint density at radius 2 is 1.71 bits per heavy atom. The van der Waals surface area contributed by atoms with E-state index in [-0.39, 0.29) is 5.75 Å². The van der Waals surface area contributed by atoms with E-state index >= 15 is 0 Å². The molecule has 17 heavy (non-hydrogen) atoms. The van der Waals surface area contributed by atoms with E-state index in [0.29, 0.717) is 10.0 Å². The van der Waals surface area contributed by atoms with Crippen molar-refractivity contribution in [3.05, 3.63) is 52.0 Å². The molecule has 0 aliphatic heterocycles. The summed E-state index contributed by atoms with van der Waals surface area (Å²) in [4.78, 5) is 2.01. The van der Waals surface area contributed by atoms with Gasteiger partial charge in [0.05, 0.1) is 5.02 Å². The fourth-order valence-corrected chi connectivity index (χ4v) is 3.05. The first-order chi connectivity index (χ1) is 8.06. The molecule has 0 aliphatic carbocycles. The second-order valence-electron chi connectivity index (χ2n) is 3.63. The summed E-state index contributed by atoms with van der Waals surface area (Å²) in [5, 5.41) is 10.5. The van der Waals surface area contributed by atoms with E-state index in [0.717, 1.165) is 15.4 Å². The number of phenolic OH excluding ortho intramolecular Hbond substituents is 1. The van der Waals surface area contributed by atoms with Gasteiger partial charge in [0.25, 0.3) is 0 Å². The maximum Gasteiger partial charge on any atom is 0.115 e. The van der Waals surface area contributed by atoms with Crippen LogP contribution in [0.5, 0.6) is 5.75 Å². The van der Waals surface area contributed by atoms with E-state index in [4.69, 9.17) is 23.2 Å². The van der Waals surface area contributed by atoms with Crippen molar-refractivity contribution in [1.82, 2.24) is 0 Å². The molecule has 0 saturated carbocycles. The summed E-state index contributed by atoms with van der Waals surface area (Å²) in [5.41, 5.74) is 1.04. The van der Waals surface area contributed by atoms with Crippen LogP contribution in [0.25, 0.3) is 0 Å². The molecule has 0 unspecified atom stereocenters. The third-order valence-electron chi connectivity index (χ3n) is 2.25. The largest absolute Gasteiger partial charge is 0.508 e. The van der Waals surface area contributed by atoms with Crippen molar-refractivity contribution in [1.29, 1.82) is 0 Å². The maximum atomic E-state index is 9.22. The molecule has 2 aromatic rings. The first-order valence-corrected chi connectivity index (χ1v) is 6.56. The van der Waals surface area contributed by atoms with Crippen LogP contribution in [0.1, 0.15) is 5.56 Å². The van der Waals surface area contributed by atoms with Crippen LogP contribution in [-0.4, -0.2) is 5.11 Å². The van der Waals surface area contributed by atoms with Crippen molar-refractivity contribution in [3.8, 4) is 5.75 Å². The molecule has 0 atom stereocenters. The fraction of sp³-hybridized carbons (Fsp3) is 0.0769. The lowest BCUT2D eigenvalue weighted by Gasteiger charge is -2.08. The van der Waals surface area contributed by atoms with Crippen LogP contribution in [-0.2, 0) is 0 Å². The summed E-state index contributed by atoms with van der Waals surface area (Å²) >= 11 is 13.6. The zero-order valence-corrected chi connectivity index (χ0v) is 11.4. The van der Waals surface area contributed by atoms with Gasteiger partial charge in [-0.25, -0.2) is 0 Å². The molecule has 88 valence electrons. The van der Waals surface area contributed by atoms with Gasteiger partial charge in [-0.2, -0.15) is 0 Å². The third-order valence-corrected chi connectivity index (χ3v) is 4.13. The van der Waals surface area contributed by atoms with E-state index in [1.54, 1.807) is 30.0 Å². The van der Waals surface area contributed by atoms with Crippen molar-refractivity contribution in [3.63, 3.8) is 0 Å². The van der Waals surface area contributed by atoms with E-state index in [2.05, 4.69) is 0 Å². The fourth-order valence-electron chi connectivity index (χ4n) is 1.45. The Labute approximate surface area is 114 Å². The highest BCUT2D eigenvalue weighted by atomic mass is 35.5. The van der Waals surface area contributed by atoms with Gasteiger partial charge in [-0.05, 0) is 48.9 Å². The molecule has 4 heteroatoms. The van der Waals surface area contributed by atoms with E-state index in [1.165, 1.54) is 0 Å². The minimum atomic E-state index is 0.258. The van der Waals surface area contributed by atoms with Crippen LogP contribution in [0, 0.1) is 6.92 Å². The molecular formula is C13H10Cl2OS. The Hall–Kier alpha value is -0.830. The molecule has 2 rings (SSSR count). The van der Waals surface area contributed by atoms with Gasteiger partial charge in [0, 0.05) is 14.8 Å². The average Bonchev–Trinajstić information content (AvgIpc) is 2.26. The zero-order valence-electron chi connectivity index (χ0n) is 9.08. The van der Waals surface area contributed by atoms with Crippen LogP contribution < -0.4 is 0 Å². The minimum Gasteiger partial charge on any atom is -0.508 e. The zero-order chi connectivity index (χ0) is 12.4. The lowest BCUT2D eigenvalue weighted by Crippen LogP contribution is -1.82. The van der Waals surface area contributed by atoms with Gasteiger partial charge in [0.15, 0.2) is 0 Å². The molecule has 0 amide bonds. The van der Waals surface area contributed by atoms with Gasteiger partial charge >= 0.3 is 0 Å². The summed E-state index contributed by atoms with van der Waals surface area (Å²) in [5.74, 6) is 0.258. The average molecular weight is 285 g/mol. The third kappa shape index (κ3) is 3.09. The van der Waals surface area contributed by atoms with Gasteiger partial charge < -0.3 is 5.11 Å². The number of aryl methyl sites for hydroxylation is 1. The molecule has 1 nitrogen and oxygen atoms in total. The van der Waals surface area contributed by atoms with Gasteiger partial charge in [-0.15, -0.1) is 0 Å². The van der Waals surface area contributed by atoms with Gasteiger partial charge in [-0.1, -0.05) is 35.0 Å². The second kappa shape index (κ2) is 5.21. The molecular weight excluding hydrogens is 275 g/mol. The van der Waals surface area contributed by atoms with Crippen LogP contribution >= 0.6 is 35.0 Å². The predicted molar refractivity (Wildman–Crippen MR) is 73.4 cm³/mol. The van der Waals surface area contributed by atoms with Crippen molar-refractivity contribution in [2.45, 2.75) is 16.7 Å². The Bertz CT molecular complexity index is 515. The Morgan fingerprint density at radius 1 is 1.06 bits per heavy atom. The molecule has 0 fully saturated rings. The lowest BCUT2D eigenvalue weighted by molar-refractivity contribution is 0.475. The Kier molecular flexibility index (Phi) is 3.87. The van der Waals surface area contributed by atoms with Gasteiger partial charge in [0.2, 0.25) is 0 Å². The first-order valence-electron chi connectivity index (χ1n) is 4.99. The number of aromatic hydroxyl groups is 1. The highest BCUT2D eigenvalue weighted by Crippen LogP contribution is 2.37. The molecule has 0 heterocycles. The standard InChI is InChI=1S/C13H10Cl2OS/c1-8-6-9(14)7-12(15)13(8)17-11-4-2-10(16)3-5-11/h2-7,16H,1H3. The smallest absolute Gasteiger partial charge is 0.115 e. The van der Waals surface area contributed by atoms with Gasteiger partial charge in [0.1, 0.15) is 5.75 Å². The molecule has 1 N–H and O–H groups in total. The SMILES string of the molecule is Cc1cc(Cl)cc(Cl)c1Sc1ccc(O)cc1. The number of hydrogen-bond acceptors (Lipinski definition) is 2. The normalized spacial score (nSPS) is 10.5. The topological polar surface area (TPSA) is 20.2 Å². The van der Waals surface area contributed by atoms with Crippen LogP contribution in [0.4, 0.5) is 0 Å². The number of hydrogen-bond donors (Lipinski definition) is 1. The van der Waals surface area contributed by atoms with Gasteiger partial charge in [-0.3, -0.25) is 0 Å². The first kappa shape index (κ1) is 12.6. The summed E-state index contributed by atoms with van der Waals surface area (Å²) in [6.45, 7) is 1.97. The summed E-state index contributed by atoms with van der Waals surface area (Å²) in [6.07, 6.45) is 0. The highest BCUT2D eigenvalue weighted by molar-refractivity contribution is 7.99. The van der Waals surface area contributed by atoms with E-state index in [1.807, 2.05) is 25.1 Å². The van der Waals surface area contributed by atoms with Crippen molar-refractivity contribution in [2.24, 2.45) is 0 Å². The minimum absolute atomic E-state index is 0.258. The Balaban J connectivity index is 2.33. The van der Waals surface area contributed by atoms with Crippen LogP contribution in [0.3, 0.4) is 0 Å². The van der Waals surface area contributed by atoms with E-state index < -0.39 is 0 Å². The number of benzene rings is 2. The van der Waals surface area contributed by atoms with Crippen LogP contribution in [0.15, 0.2) is 46.2 Å². The molecule has 0 aromatic heterocycles. The summed E-state index contributed by atoms with van der Waals surface area (Å²) in [7, 11) is 0. The molecule has 0 saturated heterocycles. The molecule has 0 radical (unpaired) electrons. The van der Waals surface area contributed by atoms with Crippen molar-refractivity contribution >= 4 is 35.0 Å². The maximum absolute atomic E-state index is 9.22. The van der Waals surface area contributed by atoms with Crippen LogP contribution in [0.2, 0.25) is 10.0 Å². The lowest BCUT2D eigenvalue weighted by atomic mass is 10.2. The quantitative estimate of drug-likeness (QED) is 0.822. The number of phenols is 1. The monoisotopic (exact) mass is 284 g/mol. The van der Waals surface area contributed by atoms with Crippen molar-refractivity contribution in [2.75, 3.05) is 0 Å². The molecule has 0 spiro atoms. The summed E-state index contributed by atoms with van der Waals surface area (Å²) < 4.78 is 0. The van der Waals surface area contributed by atoms with E-state index in [9.17, 15) is 5.11 Å². The van der Waals surface area contributed by atoms with Crippen molar-refractivity contribution < 1.29 is 5.11 Å². The predicted octanol–water partition coefficient (Wildman–Crippen LogP) is 5.16. The highest BCUT2D eigenvalue weighted by Gasteiger charge is 2.08. The number of halogens is 2. The second-order valence-corrected chi connectivity index (χ2v) is 5.56.